The summed E-state index contributed by atoms with van der Waals surface area (Å²) in [5.41, 5.74) is 8.77. The molecular formula is C16H19NOS. The van der Waals surface area contributed by atoms with Gasteiger partial charge < -0.3 is 10.5 Å². The highest BCUT2D eigenvalue weighted by atomic mass is 32.1. The average Bonchev–Trinajstić information content (AvgIpc) is 2.98. The summed E-state index contributed by atoms with van der Waals surface area (Å²) in [6, 6.07) is 10.6. The van der Waals surface area contributed by atoms with Crippen LogP contribution >= 0.6 is 11.3 Å². The van der Waals surface area contributed by atoms with Crippen molar-refractivity contribution < 1.29 is 4.74 Å². The molecule has 1 unspecified atom stereocenters. The van der Waals surface area contributed by atoms with Crippen LogP contribution in [0.2, 0.25) is 0 Å². The second kappa shape index (κ2) is 5.76. The van der Waals surface area contributed by atoms with Crippen molar-refractivity contribution in [1.82, 2.24) is 0 Å². The summed E-state index contributed by atoms with van der Waals surface area (Å²) < 4.78 is 6.06. The molecule has 0 aliphatic heterocycles. The second-order valence-corrected chi connectivity index (χ2v) is 5.97. The largest absolute Gasteiger partial charge is 0.484 e. The maximum absolute atomic E-state index is 6.06. The zero-order valence-corrected chi connectivity index (χ0v) is 11.8. The number of aryl methyl sites for hydroxylation is 2. The van der Waals surface area contributed by atoms with E-state index in [0.717, 1.165) is 5.75 Å². The minimum Gasteiger partial charge on any atom is -0.484 e. The molecule has 3 heteroatoms. The Morgan fingerprint density at radius 3 is 2.74 bits per heavy atom. The van der Waals surface area contributed by atoms with Gasteiger partial charge in [0.15, 0.2) is 0 Å². The first-order chi connectivity index (χ1) is 9.36. The molecule has 1 aliphatic carbocycles. The Bertz CT molecular complexity index is 536. The summed E-state index contributed by atoms with van der Waals surface area (Å²) in [5.74, 6) is 0.949. The Hall–Kier alpha value is -1.32. The number of hydrogen-bond donors (Lipinski definition) is 1. The number of fused-ring (bicyclic) bond motifs is 1. The predicted octanol–water partition coefficient (Wildman–Crippen LogP) is 3.71. The van der Waals surface area contributed by atoms with Gasteiger partial charge in [0.1, 0.15) is 11.9 Å². The van der Waals surface area contributed by atoms with Gasteiger partial charge in [0, 0.05) is 11.4 Å². The molecule has 2 N–H and O–H groups in total. The van der Waals surface area contributed by atoms with Crippen LogP contribution in [0.3, 0.4) is 0 Å². The number of benzene rings is 1. The molecule has 1 aromatic carbocycles. The minimum absolute atomic E-state index is 0.0263. The van der Waals surface area contributed by atoms with Gasteiger partial charge in [-0.05, 0) is 60.4 Å². The van der Waals surface area contributed by atoms with Crippen LogP contribution in [0.15, 0.2) is 35.7 Å². The van der Waals surface area contributed by atoms with Crippen LogP contribution in [0.1, 0.15) is 34.9 Å². The lowest BCUT2D eigenvalue weighted by molar-refractivity contribution is 0.217. The van der Waals surface area contributed by atoms with Gasteiger partial charge in [-0.25, -0.2) is 0 Å². The number of thiophene rings is 1. The maximum atomic E-state index is 6.06. The van der Waals surface area contributed by atoms with Crippen molar-refractivity contribution in [2.45, 2.75) is 31.8 Å². The Morgan fingerprint density at radius 1 is 1.16 bits per heavy atom. The van der Waals surface area contributed by atoms with Gasteiger partial charge in [0.05, 0.1) is 0 Å². The summed E-state index contributed by atoms with van der Waals surface area (Å²) in [6.07, 6.45) is 4.97. The summed E-state index contributed by atoms with van der Waals surface area (Å²) >= 11 is 1.70. The summed E-state index contributed by atoms with van der Waals surface area (Å²) in [5, 5.41) is 2.06. The SMILES string of the molecule is NCC(Oc1ccc2c(c1)CCCC2)c1cccs1. The Balaban J connectivity index is 1.79. The highest BCUT2D eigenvalue weighted by molar-refractivity contribution is 7.10. The molecule has 0 fully saturated rings. The molecule has 2 nitrogen and oxygen atoms in total. The molecular weight excluding hydrogens is 254 g/mol. The van der Waals surface area contributed by atoms with Crippen LogP contribution < -0.4 is 10.5 Å². The number of hydrogen-bond acceptors (Lipinski definition) is 3. The Kier molecular flexibility index (Phi) is 3.85. The highest BCUT2D eigenvalue weighted by Crippen LogP contribution is 2.29. The van der Waals surface area contributed by atoms with Crippen molar-refractivity contribution in [1.29, 1.82) is 0 Å². The number of ether oxygens (including phenoxy) is 1. The van der Waals surface area contributed by atoms with Crippen molar-refractivity contribution >= 4 is 11.3 Å². The fourth-order valence-corrected chi connectivity index (χ4v) is 3.41. The van der Waals surface area contributed by atoms with Crippen LogP contribution in [0, 0.1) is 0 Å². The van der Waals surface area contributed by atoms with E-state index in [1.165, 1.54) is 41.7 Å². The van der Waals surface area contributed by atoms with E-state index in [4.69, 9.17) is 10.5 Å². The van der Waals surface area contributed by atoms with Crippen LogP contribution in [0.5, 0.6) is 5.75 Å². The lowest BCUT2D eigenvalue weighted by Crippen LogP contribution is -2.17. The van der Waals surface area contributed by atoms with Crippen molar-refractivity contribution in [3.8, 4) is 5.75 Å². The third kappa shape index (κ3) is 2.82. The first-order valence-electron chi connectivity index (χ1n) is 6.89. The maximum Gasteiger partial charge on any atom is 0.145 e. The molecule has 100 valence electrons. The van der Waals surface area contributed by atoms with Gasteiger partial charge in [-0.1, -0.05) is 12.1 Å². The first-order valence-corrected chi connectivity index (χ1v) is 7.76. The van der Waals surface area contributed by atoms with Crippen molar-refractivity contribution in [3.05, 3.63) is 51.7 Å². The quantitative estimate of drug-likeness (QED) is 0.921. The molecule has 1 aliphatic rings. The third-order valence-electron chi connectivity index (χ3n) is 3.67. The second-order valence-electron chi connectivity index (χ2n) is 5.00. The van der Waals surface area contributed by atoms with Gasteiger partial charge in [0.2, 0.25) is 0 Å². The van der Waals surface area contributed by atoms with Crippen molar-refractivity contribution in [3.63, 3.8) is 0 Å². The lowest BCUT2D eigenvalue weighted by Gasteiger charge is -2.20. The molecule has 0 radical (unpaired) electrons. The topological polar surface area (TPSA) is 35.2 Å². The molecule has 3 rings (SSSR count). The van der Waals surface area contributed by atoms with E-state index in [-0.39, 0.29) is 6.10 Å². The van der Waals surface area contributed by atoms with Crippen molar-refractivity contribution in [2.24, 2.45) is 5.73 Å². The molecule has 0 bridgehead atoms. The minimum atomic E-state index is -0.0263. The van der Waals surface area contributed by atoms with Gasteiger partial charge >= 0.3 is 0 Å². The number of nitrogens with two attached hydrogens (primary N) is 1. The molecule has 19 heavy (non-hydrogen) atoms. The van der Waals surface area contributed by atoms with Crippen LogP contribution in [-0.2, 0) is 12.8 Å². The van der Waals surface area contributed by atoms with Crippen LogP contribution in [-0.4, -0.2) is 6.54 Å². The lowest BCUT2D eigenvalue weighted by atomic mass is 9.92. The predicted molar refractivity (Wildman–Crippen MR) is 79.8 cm³/mol. The average molecular weight is 273 g/mol. The first kappa shape index (κ1) is 12.7. The fraction of sp³-hybridized carbons (Fsp3) is 0.375. The fourth-order valence-electron chi connectivity index (χ4n) is 2.64. The zero-order valence-electron chi connectivity index (χ0n) is 11.0. The Morgan fingerprint density at radius 2 is 2.00 bits per heavy atom. The van der Waals surface area contributed by atoms with E-state index in [0.29, 0.717) is 6.54 Å². The van der Waals surface area contributed by atoms with Crippen LogP contribution in [0.25, 0.3) is 0 Å². The van der Waals surface area contributed by atoms with E-state index in [1.807, 2.05) is 6.07 Å². The van der Waals surface area contributed by atoms with Gasteiger partial charge in [-0.15, -0.1) is 11.3 Å². The van der Waals surface area contributed by atoms with Gasteiger partial charge in [0.25, 0.3) is 0 Å². The smallest absolute Gasteiger partial charge is 0.145 e. The van der Waals surface area contributed by atoms with E-state index < -0.39 is 0 Å². The van der Waals surface area contributed by atoms with E-state index in [9.17, 15) is 0 Å². The molecule has 0 saturated carbocycles. The van der Waals surface area contributed by atoms with E-state index in [2.05, 4.69) is 29.6 Å². The van der Waals surface area contributed by atoms with Gasteiger partial charge in [-0.3, -0.25) is 0 Å². The zero-order chi connectivity index (χ0) is 13.1. The molecule has 0 amide bonds. The summed E-state index contributed by atoms with van der Waals surface area (Å²) in [7, 11) is 0. The van der Waals surface area contributed by atoms with E-state index >= 15 is 0 Å². The number of rotatable bonds is 4. The standard InChI is InChI=1S/C16H19NOS/c17-11-15(16-6-3-9-19-16)18-14-8-7-12-4-1-2-5-13(12)10-14/h3,6-10,15H,1-2,4-5,11,17H2. The molecule has 2 aromatic rings. The molecule has 1 heterocycles. The Labute approximate surface area is 118 Å². The molecule has 1 atom stereocenters. The summed E-state index contributed by atoms with van der Waals surface area (Å²) in [6.45, 7) is 0.512. The molecule has 0 spiro atoms. The van der Waals surface area contributed by atoms with E-state index in [1.54, 1.807) is 11.3 Å². The van der Waals surface area contributed by atoms with Crippen LogP contribution in [0.4, 0.5) is 0 Å². The normalized spacial score (nSPS) is 15.8. The van der Waals surface area contributed by atoms with Gasteiger partial charge in [-0.2, -0.15) is 0 Å². The molecule has 1 aromatic heterocycles. The summed E-state index contributed by atoms with van der Waals surface area (Å²) in [4.78, 5) is 1.19. The van der Waals surface area contributed by atoms with Crippen molar-refractivity contribution in [2.75, 3.05) is 6.54 Å². The third-order valence-corrected chi connectivity index (χ3v) is 4.64. The highest BCUT2D eigenvalue weighted by Gasteiger charge is 2.15. The molecule has 0 saturated heterocycles. The monoisotopic (exact) mass is 273 g/mol.